The summed E-state index contributed by atoms with van der Waals surface area (Å²) >= 11 is 3.45. The van der Waals surface area contributed by atoms with Crippen LogP contribution in [0.2, 0.25) is 0 Å². The Balaban J connectivity index is 2.82. The molecule has 0 atom stereocenters. The van der Waals surface area contributed by atoms with Crippen molar-refractivity contribution in [2.75, 3.05) is 25.1 Å². The van der Waals surface area contributed by atoms with Gasteiger partial charge >= 0.3 is 0 Å². The highest BCUT2D eigenvalue weighted by molar-refractivity contribution is 9.09. The molecule has 0 radical (unpaired) electrons. The van der Waals surface area contributed by atoms with Crippen LogP contribution in [0.15, 0.2) is 18.2 Å². The van der Waals surface area contributed by atoms with E-state index in [1.54, 1.807) is 18.2 Å². The number of nitrogens with one attached hydrogen (secondary N) is 1. The van der Waals surface area contributed by atoms with Crippen LogP contribution in [0.1, 0.15) is 38.1 Å². The van der Waals surface area contributed by atoms with Crippen molar-refractivity contribution in [1.29, 1.82) is 0 Å². The minimum atomic E-state index is -0.104. The monoisotopic (exact) mass is 357 g/mol. The predicted molar refractivity (Wildman–Crippen MR) is 88.7 cm³/mol. The number of hydrogen-bond donors (Lipinski definition) is 1. The SMILES string of the molecule is CCOc1ccc(C(=O)NCC(C)(C)CBr)cc1OCC. The maximum Gasteiger partial charge on any atom is 0.251 e. The van der Waals surface area contributed by atoms with Gasteiger partial charge in [0.2, 0.25) is 0 Å². The molecule has 0 spiro atoms. The molecular weight excluding hydrogens is 334 g/mol. The van der Waals surface area contributed by atoms with E-state index in [4.69, 9.17) is 9.47 Å². The van der Waals surface area contributed by atoms with Crippen molar-refractivity contribution in [2.24, 2.45) is 5.41 Å². The molecule has 1 N–H and O–H groups in total. The van der Waals surface area contributed by atoms with E-state index in [9.17, 15) is 4.79 Å². The molecule has 0 bridgehead atoms. The highest BCUT2D eigenvalue weighted by Crippen LogP contribution is 2.28. The van der Waals surface area contributed by atoms with Gasteiger partial charge in [0, 0.05) is 17.4 Å². The lowest BCUT2D eigenvalue weighted by Gasteiger charge is -2.22. The summed E-state index contributed by atoms with van der Waals surface area (Å²) in [4.78, 5) is 12.2. The fraction of sp³-hybridized carbons (Fsp3) is 0.562. The van der Waals surface area contributed by atoms with Gasteiger partial charge in [-0.2, -0.15) is 0 Å². The van der Waals surface area contributed by atoms with Crippen LogP contribution < -0.4 is 14.8 Å². The standard InChI is InChI=1S/C16H24BrNO3/c1-5-20-13-8-7-12(9-14(13)21-6-2)15(19)18-11-16(3,4)10-17/h7-9H,5-6,10-11H2,1-4H3,(H,18,19). The van der Waals surface area contributed by atoms with Gasteiger partial charge in [-0.3, -0.25) is 4.79 Å². The lowest BCUT2D eigenvalue weighted by Crippen LogP contribution is -2.34. The van der Waals surface area contributed by atoms with Gasteiger partial charge in [-0.05, 0) is 37.5 Å². The minimum Gasteiger partial charge on any atom is -0.490 e. The van der Waals surface area contributed by atoms with Crippen LogP contribution in [-0.4, -0.2) is 31.0 Å². The van der Waals surface area contributed by atoms with E-state index in [0.717, 1.165) is 5.33 Å². The highest BCUT2D eigenvalue weighted by Gasteiger charge is 2.18. The number of carbonyl (C=O) groups excluding carboxylic acids is 1. The minimum absolute atomic E-state index is 0.0175. The fourth-order valence-electron chi connectivity index (χ4n) is 1.66. The molecule has 0 aliphatic carbocycles. The maximum atomic E-state index is 12.2. The molecule has 0 saturated carbocycles. The molecule has 5 heteroatoms. The summed E-state index contributed by atoms with van der Waals surface area (Å²) in [6, 6.07) is 5.26. The zero-order valence-corrected chi connectivity index (χ0v) is 14.7. The third kappa shape index (κ3) is 5.58. The number of amides is 1. The molecule has 1 amide bonds. The van der Waals surface area contributed by atoms with Crippen molar-refractivity contribution in [3.63, 3.8) is 0 Å². The van der Waals surface area contributed by atoms with Gasteiger partial charge in [-0.1, -0.05) is 29.8 Å². The summed E-state index contributed by atoms with van der Waals surface area (Å²) in [6.07, 6.45) is 0. The summed E-state index contributed by atoms with van der Waals surface area (Å²) < 4.78 is 11.0. The number of hydrogen-bond acceptors (Lipinski definition) is 3. The molecule has 21 heavy (non-hydrogen) atoms. The van der Waals surface area contributed by atoms with Gasteiger partial charge in [0.15, 0.2) is 11.5 Å². The molecule has 0 saturated heterocycles. The number of alkyl halides is 1. The summed E-state index contributed by atoms with van der Waals surface area (Å²) in [5, 5.41) is 3.77. The largest absolute Gasteiger partial charge is 0.490 e. The smallest absolute Gasteiger partial charge is 0.251 e. The predicted octanol–water partition coefficient (Wildman–Crippen LogP) is 3.63. The first-order chi connectivity index (χ1) is 9.93. The third-order valence-electron chi connectivity index (χ3n) is 2.89. The Morgan fingerprint density at radius 3 is 2.38 bits per heavy atom. The molecule has 1 rings (SSSR count). The molecule has 118 valence electrons. The second-order valence-corrected chi connectivity index (χ2v) is 6.07. The lowest BCUT2D eigenvalue weighted by molar-refractivity contribution is 0.0939. The molecule has 0 heterocycles. The molecule has 1 aromatic carbocycles. The van der Waals surface area contributed by atoms with Crippen molar-refractivity contribution < 1.29 is 14.3 Å². The summed E-state index contributed by atoms with van der Waals surface area (Å²) in [6.45, 7) is 9.69. The van der Waals surface area contributed by atoms with E-state index in [-0.39, 0.29) is 11.3 Å². The number of ether oxygens (including phenoxy) is 2. The summed E-state index contributed by atoms with van der Waals surface area (Å²) in [5.41, 5.74) is 0.594. The quantitative estimate of drug-likeness (QED) is 0.722. The molecule has 0 fully saturated rings. The van der Waals surface area contributed by atoms with Crippen LogP contribution in [0.25, 0.3) is 0 Å². The molecule has 0 aromatic heterocycles. The molecule has 0 aliphatic heterocycles. The highest BCUT2D eigenvalue weighted by atomic mass is 79.9. The average molecular weight is 358 g/mol. The Bertz CT molecular complexity index is 475. The van der Waals surface area contributed by atoms with Crippen LogP contribution in [0, 0.1) is 5.41 Å². The van der Waals surface area contributed by atoms with E-state index < -0.39 is 0 Å². The lowest BCUT2D eigenvalue weighted by atomic mass is 9.97. The second kappa shape index (κ2) is 8.27. The molecular formula is C16H24BrNO3. The first-order valence-electron chi connectivity index (χ1n) is 7.17. The maximum absolute atomic E-state index is 12.2. The second-order valence-electron chi connectivity index (χ2n) is 5.51. The van der Waals surface area contributed by atoms with E-state index in [1.165, 1.54) is 0 Å². The van der Waals surface area contributed by atoms with Gasteiger partial charge in [-0.25, -0.2) is 0 Å². The first kappa shape index (κ1) is 17.8. The van der Waals surface area contributed by atoms with Crippen LogP contribution in [-0.2, 0) is 0 Å². The van der Waals surface area contributed by atoms with Gasteiger partial charge in [0.05, 0.1) is 13.2 Å². The van der Waals surface area contributed by atoms with Crippen molar-refractivity contribution in [2.45, 2.75) is 27.7 Å². The molecule has 0 aliphatic rings. The fourth-order valence-corrected chi connectivity index (χ4v) is 1.86. The van der Waals surface area contributed by atoms with E-state index >= 15 is 0 Å². The van der Waals surface area contributed by atoms with Gasteiger partial charge in [-0.15, -0.1) is 0 Å². The van der Waals surface area contributed by atoms with Crippen molar-refractivity contribution in [1.82, 2.24) is 5.32 Å². The zero-order valence-electron chi connectivity index (χ0n) is 13.2. The van der Waals surface area contributed by atoms with Gasteiger partial charge in [0.25, 0.3) is 5.91 Å². The Morgan fingerprint density at radius 1 is 1.19 bits per heavy atom. The van der Waals surface area contributed by atoms with E-state index in [1.807, 2.05) is 13.8 Å². The van der Waals surface area contributed by atoms with Gasteiger partial charge < -0.3 is 14.8 Å². The Hall–Kier alpha value is -1.23. The summed E-state index contributed by atoms with van der Waals surface area (Å²) in [7, 11) is 0. The topological polar surface area (TPSA) is 47.6 Å². The molecule has 0 unspecified atom stereocenters. The molecule has 1 aromatic rings. The van der Waals surface area contributed by atoms with E-state index in [0.29, 0.717) is 36.8 Å². The molecule has 4 nitrogen and oxygen atoms in total. The van der Waals surface area contributed by atoms with Crippen LogP contribution >= 0.6 is 15.9 Å². The Labute approximate surface area is 135 Å². The van der Waals surface area contributed by atoms with Crippen LogP contribution in [0.3, 0.4) is 0 Å². The van der Waals surface area contributed by atoms with Crippen molar-refractivity contribution in [3.05, 3.63) is 23.8 Å². The number of benzene rings is 1. The first-order valence-corrected chi connectivity index (χ1v) is 8.29. The number of carbonyl (C=O) groups is 1. The van der Waals surface area contributed by atoms with E-state index in [2.05, 4.69) is 35.1 Å². The number of rotatable bonds is 8. The Kier molecular flexibility index (Phi) is 7.02. The number of halogens is 1. The zero-order chi connectivity index (χ0) is 15.9. The third-order valence-corrected chi connectivity index (χ3v) is 4.41. The normalized spacial score (nSPS) is 11.1. The Morgan fingerprint density at radius 2 is 1.81 bits per heavy atom. The summed E-state index contributed by atoms with van der Waals surface area (Å²) in [5.74, 6) is 1.16. The van der Waals surface area contributed by atoms with Gasteiger partial charge in [0.1, 0.15) is 0 Å². The van der Waals surface area contributed by atoms with Crippen molar-refractivity contribution in [3.8, 4) is 11.5 Å². The average Bonchev–Trinajstić information content (AvgIpc) is 2.47. The van der Waals surface area contributed by atoms with Crippen molar-refractivity contribution >= 4 is 21.8 Å². The van der Waals surface area contributed by atoms with Crippen LogP contribution in [0.5, 0.6) is 11.5 Å². The van der Waals surface area contributed by atoms with Crippen LogP contribution in [0.4, 0.5) is 0 Å².